The van der Waals surface area contributed by atoms with Crippen molar-refractivity contribution in [1.82, 2.24) is 9.88 Å². The minimum absolute atomic E-state index is 0.123. The van der Waals surface area contributed by atoms with E-state index in [0.29, 0.717) is 41.9 Å². The molecule has 2 aromatic carbocycles. The molecule has 0 bridgehead atoms. The molecule has 0 radical (unpaired) electrons. The number of nitrogens with one attached hydrogen (secondary N) is 2. The van der Waals surface area contributed by atoms with Crippen LogP contribution in [0.3, 0.4) is 0 Å². The molecular weight excluding hydrogens is 406 g/mol. The molecule has 1 saturated heterocycles. The number of H-pyrrole nitrogens is 1. The van der Waals surface area contributed by atoms with Crippen molar-refractivity contribution in [2.24, 2.45) is 0 Å². The molecule has 1 fully saturated rings. The lowest BCUT2D eigenvalue weighted by Crippen LogP contribution is -2.40. The zero-order valence-electron chi connectivity index (χ0n) is 19.4. The van der Waals surface area contributed by atoms with Gasteiger partial charge >= 0.3 is 6.03 Å². The van der Waals surface area contributed by atoms with Gasteiger partial charge in [0.25, 0.3) is 0 Å². The predicted octanol–water partition coefficient (Wildman–Crippen LogP) is 5.22. The van der Waals surface area contributed by atoms with E-state index in [2.05, 4.69) is 42.3 Å². The van der Waals surface area contributed by atoms with Crippen LogP contribution in [-0.4, -0.2) is 50.3 Å². The van der Waals surface area contributed by atoms with Crippen molar-refractivity contribution < 1.29 is 19.0 Å². The van der Waals surface area contributed by atoms with Crippen molar-refractivity contribution in [3.8, 4) is 17.2 Å². The number of fused-ring (bicyclic) bond motifs is 1. The third-order valence-electron chi connectivity index (χ3n) is 6.36. The topological polar surface area (TPSA) is 75.8 Å². The summed E-state index contributed by atoms with van der Waals surface area (Å²) < 4.78 is 16.1. The average Bonchev–Trinajstić information content (AvgIpc) is 3.14. The molecule has 0 spiro atoms. The molecule has 2 amide bonds. The fourth-order valence-electron chi connectivity index (χ4n) is 4.60. The van der Waals surface area contributed by atoms with Crippen LogP contribution in [0.25, 0.3) is 10.9 Å². The van der Waals surface area contributed by atoms with Crippen LogP contribution in [0.15, 0.2) is 30.3 Å². The number of amides is 2. The van der Waals surface area contributed by atoms with E-state index < -0.39 is 0 Å². The summed E-state index contributed by atoms with van der Waals surface area (Å²) in [5.74, 6) is 1.93. The second-order valence-corrected chi connectivity index (χ2v) is 8.32. The maximum Gasteiger partial charge on any atom is 0.321 e. The minimum Gasteiger partial charge on any atom is -0.493 e. The minimum atomic E-state index is -0.123. The Hall–Kier alpha value is -3.35. The van der Waals surface area contributed by atoms with Crippen molar-refractivity contribution in [2.75, 3.05) is 39.7 Å². The average molecular weight is 438 g/mol. The molecule has 0 saturated carbocycles. The zero-order chi connectivity index (χ0) is 22.8. The summed E-state index contributed by atoms with van der Waals surface area (Å²) in [5, 5.41) is 4.26. The maximum atomic E-state index is 12.9. The Morgan fingerprint density at radius 3 is 2.25 bits per heavy atom. The molecule has 7 heteroatoms. The molecule has 2 heterocycles. The molecule has 170 valence electrons. The number of hydrogen-bond donors (Lipinski definition) is 2. The van der Waals surface area contributed by atoms with Gasteiger partial charge in [0, 0.05) is 47.7 Å². The molecule has 0 aliphatic carbocycles. The summed E-state index contributed by atoms with van der Waals surface area (Å²) >= 11 is 0. The molecule has 7 nitrogen and oxygen atoms in total. The van der Waals surface area contributed by atoms with Gasteiger partial charge in [-0.25, -0.2) is 4.79 Å². The monoisotopic (exact) mass is 437 g/mol. The number of piperidine rings is 1. The Morgan fingerprint density at radius 1 is 1.00 bits per heavy atom. The van der Waals surface area contributed by atoms with Gasteiger partial charge in [-0.1, -0.05) is 11.6 Å². The SMILES string of the molecule is COc1cc(NC(=O)N2CCC(c3[nH]c4ccc(C)cc4c3C)CC2)cc(OC)c1OC. The second kappa shape index (κ2) is 9.02. The van der Waals surface area contributed by atoms with Crippen LogP contribution in [0.2, 0.25) is 0 Å². The van der Waals surface area contributed by atoms with E-state index >= 15 is 0 Å². The Morgan fingerprint density at radius 2 is 1.66 bits per heavy atom. The molecule has 32 heavy (non-hydrogen) atoms. The molecule has 1 aliphatic heterocycles. The van der Waals surface area contributed by atoms with Gasteiger partial charge < -0.3 is 29.4 Å². The highest BCUT2D eigenvalue weighted by Gasteiger charge is 2.27. The first kappa shape index (κ1) is 21.9. The van der Waals surface area contributed by atoms with E-state index in [-0.39, 0.29) is 6.03 Å². The van der Waals surface area contributed by atoms with Gasteiger partial charge in [0.05, 0.1) is 27.0 Å². The third-order valence-corrected chi connectivity index (χ3v) is 6.36. The van der Waals surface area contributed by atoms with Crippen LogP contribution in [0.5, 0.6) is 17.2 Å². The summed E-state index contributed by atoms with van der Waals surface area (Å²) in [4.78, 5) is 18.4. The standard InChI is InChI=1S/C25H31N3O4/c1-15-6-7-20-19(12-15)16(2)23(27-20)17-8-10-28(11-9-17)25(29)26-18-13-21(30-3)24(32-5)22(14-18)31-4/h6-7,12-14,17,27H,8-11H2,1-5H3,(H,26,29). The number of urea groups is 1. The number of aryl methyl sites for hydroxylation is 2. The number of carbonyl (C=O) groups is 1. The van der Waals surface area contributed by atoms with Crippen LogP contribution in [0, 0.1) is 13.8 Å². The van der Waals surface area contributed by atoms with Gasteiger partial charge in [-0.2, -0.15) is 0 Å². The normalized spacial score (nSPS) is 14.5. The number of ether oxygens (including phenoxy) is 3. The maximum absolute atomic E-state index is 12.9. The Kier molecular flexibility index (Phi) is 6.17. The van der Waals surface area contributed by atoms with Crippen molar-refractivity contribution >= 4 is 22.6 Å². The lowest BCUT2D eigenvalue weighted by molar-refractivity contribution is 0.194. The largest absolute Gasteiger partial charge is 0.493 e. The van der Waals surface area contributed by atoms with Crippen LogP contribution in [-0.2, 0) is 0 Å². The van der Waals surface area contributed by atoms with Crippen molar-refractivity contribution in [3.63, 3.8) is 0 Å². The predicted molar refractivity (Wildman–Crippen MR) is 126 cm³/mol. The number of benzene rings is 2. The summed E-state index contributed by atoms with van der Waals surface area (Å²) in [6.07, 6.45) is 1.85. The number of hydrogen-bond acceptors (Lipinski definition) is 4. The number of rotatable bonds is 5. The van der Waals surface area contributed by atoms with Gasteiger partial charge in [-0.05, 0) is 44.4 Å². The number of carbonyl (C=O) groups excluding carboxylic acids is 1. The summed E-state index contributed by atoms with van der Waals surface area (Å²) in [5.41, 5.74) is 5.68. The number of anilines is 1. The van der Waals surface area contributed by atoms with E-state index in [4.69, 9.17) is 14.2 Å². The number of aromatic amines is 1. The second-order valence-electron chi connectivity index (χ2n) is 8.32. The summed E-state index contributed by atoms with van der Waals surface area (Å²) in [6, 6.07) is 9.88. The van der Waals surface area contributed by atoms with Gasteiger partial charge in [0.1, 0.15) is 0 Å². The highest BCUT2D eigenvalue weighted by Crippen LogP contribution is 2.40. The van der Waals surface area contributed by atoms with Crippen molar-refractivity contribution in [3.05, 3.63) is 47.2 Å². The number of aromatic nitrogens is 1. The molecule has 1 aromatic heterocycles. The summed E-state index contributed by atoms with van der Waals surface area (Å²) in [7, 11) is 4.67. The Bertz CT molecular complexity index is 1100. The molecule has 0 unspecified atom stereocenters. The van der Waals surface area contributed by atoms with Crippen molar-refractivity contribution in [2.45, 2.75) is 32.6 Å². The Balaban J connectivity index is 1.44. The molecule has 1 aliphatic rings. The van der Waals surface area contributed by atoms with E-state index in [0.717, 1.165) is 12.8 Å². The molecular formula is C25H31N3O4. The van der Waals surface area contributed by atoms with E-state index in [1.165, 1.54) is 27.7 Å². The first-order valence-corrected chi connectivity index (χ1v) is 10.9. The number of methoxy groups -OCH3 is 3. The first-order valence-electron chi connectivity index (χ1n) is 10.9. The van der Waals surface area contributed by atoms with Crippen molar-refractivity contribution in [1.29, 1.82) is 0 Å². The summed E-state index contributed by atoms with van der Waals surface area (Å²) in [6.45, 7) is 5.72. The van der Waals surface area contributed by atoms with Gasteiger partial charge in [0.2, 0.25) is 5.75 Å². The van der Waals surface area contributed by atoms with Crippen LogP contribution >= 0.6 is 0 Å². The highest BCUT2D eigenvalue weighted by atomic mass is 16.5. The lowest BCUT2D eigenvalue weighted by atomic mass is 9.91. The third kappa shape index (κ3) is 4.07. The van der Waals surface area contributed by atoms with Crippen LogP contribution in [0.1, 0.15) is 35.6 Å². The van der Waals surface area contributed by atoms with E-state index in [9.17, 15) is 4.79 Å². The molecule has 4 rings (SSSR count). The van der Waals surface area contributed by atoms with Gasteiger partial charge in [-0.3, -0.25) is 0 Å². The first-order chi connectivity index (χ1) is 15.4. The highest BCUT2D eigenvalue weighted by molar-refractivity contribution is 5.90. The number of nitrogens with zero attached hydrogens (tertiary/aromatic N) is 1. The fourth-order valence-corrected chi connectivity index (χ4v) is 4.60. The van der Waals surface area contributed by atoms with Gasteiger partial charge in [-0.15, -0.1) is 0 Å². The molecule has 3 aromatic rings. The van der Waals surface area contributed by atoms with Gasteiger partial charge in [0.15, 0.2) is 11.5 Å². The smallest absolute Gasteiger partial charge is 0.321 e. The zero-order valence-corrected chi connectivity index (χ0v) is 19.4. The quantitative estimate of drug-likeness (QED) is 0.574. The van der Waals surface area contributed by atoms with E-state index in [1.807, 2.05) is 4.90 Å². The molecule has 2 N–H and O–H groups in total. The number of likely N-dealkylation sites (tertiary alicyclic amines) is 1. The van der Waals surface area contributed by atoms with E-state index in [1.54, 1.807) is 33.5 Å². The fraction of sp³-hybridized carbons (Fsp3) is 0.400. The van der Waals surface area contributed by atoms with Crippen LogP contribution in [0.4, 0.5) is 10.5 Å². The Labute approximate surface area is 188 Å². The lowest BCUT2D eigenvalue weighted by Gasteiger charge is -2.32. The molecule has 0 atom stereocenters. The van der Waals surface area contributed by atoms with Crippen LogP contribution < -0.4 is 19.5 Å².